The summed E-state index contributed by atoms with van der Waals surface area (Å²) in [4.78, 5) is 132. The average molecular weight is 1030 g/mol. The summed E-state index contributed by atoms with van der Waals surface area (Å²) < 4.78 is 0. The number of carboxylic acid groups (broad SMARTS) is 1. The Bertz CT molecular complexity index is 1890. The van der Waals surface area contributed by atoms with E-state index in [2.05, 4.69) is 67.8 Å². The summed E-state index contributed by atoms with van der Waals surface area (Å²) in [6.45, 7) is 6.77. The molecule has 0 saturated heterocycles. The average Bonchev–Trinajstić information content (AvgIpc) is 3.33. The maximum absolute atomic E-state index is 14.1. The highest BCUT2D eigenvalue weighted by Gasteiger charge is 2.37. The highest BCUT2D eigenvalue weighted by Crippen LogP contribution is 2.14. The predicted molar refractivity (Wildman–Crippen MR) is 269 cm³/mol. The molecule has 0 radical (unpaired) electrons. The van der Waals surface area contributed by atoms with Crippen molar-refractivity contribution in [3.63, 3.8) is 0 Å². The first kappa shape index (κ1) is 62.5. The van der Waals surface area contributed by atoms with Crippen molar-refractivity contribution >= 4 is 84.4 Å². The van der Waals surface area contributed by atoms with Crippen molar-refractivity contribution in [1.29, 1.82) is 0 Å². The normalized spacial score (nSPS) is 15.3. The standard InChI is InChI=1S/C45H76N12O11S2/c1-5-25(3)36(57-45(68)37(26(4)6-2)56-42(65)31(21-34(49)58)53-38(61)28(48)20-27-14-8-7-9-15-27)44(67)55-33(24-70)43(66)52-29(16-10-12-18-46)40(63)51-30(17-11-13-19-47)41(64)54-32(23-69)39(62)50-22-35(59)60/h7-9,14-15,25-26,28-33,36-37,69-70H,5-6,10-13,16-24,46-48H2,1-4H3,(H2,49,58)(H,50,62)(H,51,63)(H,52,66)(H,53,61)(H,54,64)(H,55,67)(H,56,65)(H,57,68)(H,59,60)/t25-,26-,28-,29-,30-,31-,32-,33-,36-,37-/m0/s1. The number of carbonyl (C=O) groups is 10. The number of carbonyl (C=O) groups excluding carboxylic acids is 9. The van der Waals surface area contributed by atoms with E-state index < -0.39 is 132 Å². The molecule has 9 amide bonds. The maximum atomic E-state index is 14.1. The van der Waals surface area contributed by atoms with Crippen LogP contribution >= 0.6 is 25.3 Å². The molecule has 0 aliphatic rings. The molecule has 0 aliphatic carbocycles. The van der Waals surface area contributed by atoms with Crippen molar-refractivity contribution in [3.8, 4) is 0 Å². The van der Waals surface area contributed by atoms with Crippen LogP contribution in [0, 0.1) is 11.8 Å². The largest absolute Gasteiger partial charge is 0.480 e. The number of hydrogen-bond donors (Lipinski definition) is 15. The van der Waals surface area contributed by atoms with E-state index in [1.165, 1.54) is 0 Å². The van der Waals surface area contributed by atoms with E-state index in [0.717, 1.165) is 5.56 Å². The fourth-order valence-corrected chi connectivity index (χ4v) is 7.34. The molecule has 25 heteroatoms. The van der Waals surface area contributed by atoms with E-state index in [1.807, 2.05) is 0 Å². The van der Waals surface area contributed by atoms with Crippen LogP contribution in [0.5, 0.6) is 0 Å². The van der Waals surface area contributed by atoms with Gasteiger partial charge in [-0.1, -0.05) is 70.9 Å². The lowest BCUT2D eigenvalue weighted by Gasteiger charge is -2.31. The summed E-state index contributed by atoms with van der Waals surface area (Å²) in [5.41, 5.74) is 23.7. The number of unbranched alkanes of at least 4 members (excludes halogenated alkanes) is 2. The van der Waals surface area contributed by atoms with Crippen LogP contribution in [0.1, 0.15) is 91.0 Å². The van der Waals surface area contributed by atoms with Gasteiger partial charge in [-0.3, -0.25) is 47.9 Å². The molecule has 0 bridgehead atoms. The van der Waals surface area contributed by atoms with Crippen LogP contribution in [-0.2, 0) is 54.4 Å². The van der Waals surface area contributed by atoms with Gasteiger partial charge in [-0.25, -0.2) is 0 Å². The minimum absolute atomic E-state index is 0.0642. The summed E-state index contributed by atoms with van der Waals surface area (Å²) >= 11 is 8.40. The van der Waals surface area contributed by atoms with Crippen LogP contribution in [0.4, 0.5) is 0 Å². The van der Waals surface area contributed by atoms with E-state index in [0.29, 0.717) is 38.5 Å². The van der Waals surface area contributed by atoms with Gasteiger partial charge in [0.2, 0.25) is 53.2 Å². The zero-order chi connectivity index (χ0) is 52.9. The first-order valence-corrected chi connectivity index (χ1v) is 24.8. The molecule has 10 atom stereocenters. The second-order valence-corrected chi connectivity index (χ2v) is 17.8. The van der Waals surface area contributed by atoms with Gasteiger partial charge < -0.3 is 70.6 Å². The fraction of sp³-hybridized carbons (Fsp3) is 0.644. The Morgan fingerprint density at radius 1 is 0.557 bits per heavy atom. The first-order valence-electron chi connectivity index (χ1n) is 23.5. The van der Waals surface area contributed by atoms with E-state index >= 15 is 0 Å². The molecule has 0 aliphatic heterocycles. The van der Waals surface area contributed by atoms with Gasteiger partial charge in [0.15, 0.2) is 0 Å². The molecule has 0 aromatic heterocycles. The zero-order valence-corrected chi connectivity index (χ0v) is 42.3. The van der Waals surface area contributed by atoms with Crippen LogP contribution in [0.15, 0.2) is 30.3 Å². The van der Waals surface area contributed by atoms with Gasteiger partial charge in [-0.2, -0.15) is 25.3 Å². The Morgan fingerprint density at radius 3 is 1.40 bits per heavy atom. The monoisotopic (exact) mass is 1020 g/mol. The Labute approximate surface area is 420 Å². The highest BCUT2D eigenvalue weighted by molar-refractivity contribution is 7.80. The van der Waals surface area contributed by atoms with Gasteiger partial charge in [0.05, 0.1) is 12.5 Å². The van der Waals surface area contributed by atoms with Crippen LogP contribution in [0.25, 0.3) is 0 Å². The molecule has 23 nitrogen and oxygen atoms in total. The van der Waals surface area contributed by atoms with E-state index in [4.69, 9.17) is 28.0 Å². The summed E-state index contributed by atoms with van der Waals surface area (Å²) in [7, 11) is 0. The topological polar surface area (TPSA) is 391 Å². The number of primary amides is 1. The molecule has 0 fully saturated rings. The summed E-state index contributed by atoms with van der Waals surface area (Å²) in [5.74, 6) is -10.1. The highest BCUT2D eigenvalue weighted by atomic mass is 32.1. The molecular formula is C45H76N12O11S2. The lowest BCUT2D eigenvalue weighted by molar-refractivity contribution is -0.138. The SMILES string of the molecule is CC[C@H](C)[C@H](NC(=O)[C@H](CC(N)=O)NC(=O)[C@@H](N)Cc1ccccc1)C(=O)N[C@H](C(=O)N[C@@H](CS)C(=O)N[C@@H](CCCCN)C(=O)N[C@@H](CCCCN)C(=O)N[C@@H](CS)C(=O)NCC(=O)O)[C@@H](C)CC. The summed E-state index contributed by atoms with van der Waals surface area (Å²) in [6, 6.07) is -1.31. The first-order chi connectivity index (χ1) is 33.2. The number of aliphatic carboxylic acids is 1. The molecule has 0 spiro atoms. The number of hydrogen-bond acceptors (Lipinski definition) is 15. The molecule has 1 rings (SSSR count). The number of amides is 9. The second-order valence-electron chi connectivity index (χ2n) is 17.1. The quantitative estimate of drug-likeness (QED) is 0.0242. The fourth-order valence-electron chi connectivity index (χ4n) is 6.83. The maximum Gasteiger partial charge on any atom is 0.322 e. The molecule has 17 N–H and O–H groups in total. The third-order valence-electron chi connectivity index (χ3n) is 11.5. The number of nitrogens with two attached hydrogens (primary N) is 4. The third kappa shape index (κ3) is 22.9. The van der Waals surface area contributed by atoms with Crippen molar-refractivity contribution < 1.29 is 53.1 Å². The minimum atomic E-state index is -1.49. The van der Waals surface area contributed by atoms with Crippen LogP contribution in [-0.4, -0.2) is 144 Å². The summed E-state index contributed by atoms with van der Waals surface area (Å²) in [5, 5.41) is 29.3. The van der Waals surface area contributed by atoms with Gasteiger partial charge >= 0.3 is 5.97 Å². The third-order valence-corrected chi connectivity index (χ3v) is 12.2. The van der Waals surface area contributed by atoms with Gasteiger partial charge in [0.25, 0.3) is 0 Å². The second kappa shape index (κ2) is 33.9. The van der Waals surface area contributed by atoms with Crippen LogP contribution < -0.4 is 65.5 Å². The molecule has 0 heterocycles. The van der Waals surface area contributed by atoms with Crippen molar-refractivity contribution in [2.24, 2.45) is 34.8 Å². The number of benzene rings is 1. The van der Waals surface area contributed by atoms with Crippen molar-refractivity contribution in [2.75, 3.05) is 31.1 Å². The van der Waals surface area contributed by atoms with E-state index in [1.54, 1.807) is 58.0 Å². The summed E-state index contributed by atoms with van der Waals surface area (Å²) in [6.07, 6.45) is 2.14. The molecule has 1 aromatic carbocycles. The minimum Gasteiger partial charge on any atom is -0.480 e. The van der Waals surface area contributed by atoms with Crippen molar-refractivity contribution in [3.05, 3.63) is 35.9 Å². The van der Waals surface area contributed by atoms with Gasteiger partial charge in [-0.15, -0.1) is 0 Å². The Balaban J connectivity index is 3.32. The van der Waals surface area contributed by atoms with E-state index in [9.17, 15) is 47.9 Å². The number of thiol groups is 2. The van der Waals surface area contributed by atoms with Gasteiger partial charge in [-0.05, 0) is 75.4 Å². The Kier molecular flexibility index (Phi) is 30.3. The predicted octanol–water partition coefficient (Wildman–Crippen LogP) is -2.76. The van der Waals surface area contributed by atoms with Crippen LogP contribution in [0.2, 0.25) is 0 Å². The lowest BCUT2D eigenvalue weighted by Crippen LogP contribution is -2.62. The van der Waals surface area contributed by atoms with Gasteiger partial charge in [0, 0.05) is 11.5 Å². The number of nitrogens with one attached hydrogen (secondary N) is 8. The smallest absolute Gasteiger partial charge is 0.322 e. The number of rotatable bonds is 35. The lowest BCUT2D eigenvalue weighted by atomic mass is 9.94. The molecular weight excluding hydrogens is 949 g/mol. The van der Waals surface area contributed by atoms with Crippen molar-refractivity contribution in [2.45, 2.75) is 140 Å². The molecule has 0 saturated carbocycles. The molecule has 1 aromatic rings. The van der Waals surface area contributed by atoms with Crippen molar-refractivity contribution in [1.82, 2.24) is 42.5 Å². The van der Waals surface area contributed by atoms with Crippen LogP contribution in [0.3, 0.4) is 0 Å². The Morgan fingerprint density at radius 2 is 0.957 bits per heavy atom. The van der Waals surface area contributed by atoms with E-state index in [-0.39, 0.29) is 43.9 Å². The Hall–Kier alpha value is -5.50. The zero-order valence-electron chi connectivity index (χ0n) is 40.5. The van der Waals surface area contributed by atoms with Gasteiger partial charge in [0.1, 0.15) is 48.8 Å². The molecule has 0 unspecified atom stereocenters. The molecule has 70 heavy (non-hydrogen) atoms. The molecule has 394 valence electrons. The number of carboxylic acids is 1.